The molecule has 90 valence electrons. The quantitative estimate of drug-likeness (QED) is 0.906. The molecule has 0 unspecified atom stereocenters. The first-order chi connectivity index (χ1) is 8.19. The standard InChI is InChI=1S/C13H15FN2S/c1-9-12(8-15)17-13(16-9)6-5-10-3-2-4-11(14)7-10/h2-4,7H,5-6,8,15H2,1H3. The number of aryl methyl sites for hydroxylation is 3. The van der Waals surface area contributed by atoms with E-state index in [0.29, 0.717) is 6.54 Å². The van der Waals surface area contributed by atoms with Crippen molar-refractivity contribution in [3.05, 3.63) is 51.2 Å². The summed E-state index contributed by atoms with van der Waals surface area (Å²) in [5, 5.41) is 1.08. The van der Waals surface area contributed by atoms with Crippen LogP contribution in [-0.4, -0.2) is 4.98 Å². The molecule has 0 bridgehead atoms. The average Bonchev–Trinajstić information content (AvgIpc) is 2.67. The summed E-state index contributed by atoms with van der Waals surface area (Å²) in [6.45, 7) is 2.52. The van der Waals surface area contributed by atoms with Gasteiger partial charge in [-0.25, -0.2) is 9.37 Å². The Morgan fingerprint density at radius 3 is 2.82 bits per heavy atom. The summed E-state index contributed by atoms with van der Waals surface area (Å²) in [6.07, 6.45) is 1.66. The molecule has 0 saturated carbocycles. The van der Waals surface area contributed by atoms with E-state index in [4.69, 9.17) is 5.73 Å². The zero-order valence-corrected chi connectivity index (χ0v) is 10.6. The molecule has 0 aliphatic carbocycles. The van der Waals surface area contributed by atoms with Crippen LogP contribution in [0.3, 0.4) is 0 Å². The van der Waals surface area contributed by atoms with Gasteiger partial charge in [-0.15, -0.1) is 11.3 Å². The van der Waals surface area contributed by atoms with Gasteiger partial charge in [-0.1, -0.05) is 12.1 Å². The second kappa shape index (κ2) is 5.38. The molecule has 17 heavy (non-hydrogen) atoms. The van der Waals surface area contributed by atoms with Crippen molar-refractivity contribution in [1.82, 2.24) is 4.98 Å². The van der Waals surface area contributed by atoms with Crippen LogP contribution < -0.4 is 5.73 Å². The van der Waals surface area contributed by atoms with Crippen LogP contribution in [0.5, 0.6) is 0 Å². The molecule has 2 nitrogen and oxygen atoms in total. The molecule has 0 saturated heterocycles. The van der Waals surface area contributed by atoms with Crippen molar-refractivity contribution in [1.29, 1.82) is 0 Å². The van der Waals surface area contributed by atoms with Crippen molar-refractivity contribution in [2.75, 3.05) is 0 Å². The Balaban J connectivity index is 2.02. The molecule has 4 heteroatoms. The van der Waals surface area contributed by atoms with Gasteiger partial charge < -0.3 is 5.73 Å². The van der Waals surface area contributed by atoms with Gasteiger partial charge in [0.15, 0.2) is 0 Å². The summed E-state index contributed by atoms with van der Waals surface area (Å²) >= 11 is 1.65. The number of aromatic nitrogens is 1. The Hall–Kier alpha value is -1.26. The number of halogens is 1. The van der Waals surface area contributed by atoms with E-state index in [1.54, 1.807) is 23.5 Å². The summed E-state index contributed by atoms with van der Waals surface area (Å²) in [5.74, 6) is -0.180. The summed E-state index contributed by atoms with van der Waals surface area (Å²) in [7, 11) is 0. The lowest BCUT2D eigenvalue weighted by Crippen LogP contribution is -1.94. The van der Waals surface area contributed by atoms with Crippen LogP contribution in [-0.2, 0) is 19.4 Å². The number of rotatable bonds is 4. The Labute approximate surface area is 104 Å². The first-order valence-electron chi connectivity index (χ1n) is 5.58. The lowest BCUT2D eigenvalue weighted by Gasteiger charge is -1.98. The minimum atomic E-state index is -0.180. The van der Waals surface area contributed by atoms with Crippen molar-refractivity contribution < 1.29 is 4.39 Å². The lowest BCUT2D eigenvalue weighted by molar-refractivity contribution is 0.625. The molecule has 2 N–H and O–H groups in total. The van der Waals surface area contributed by atoms with E-state index in [0.717, 1.165) is 34.0 Å². The topological polar surface area (TPSA) is 38.9 Å². The molecule has 1 aromatic carbocycles. The highest BCUT2D eigenvalue weighted by Crippen LogP contribution is 2.19. The molecule has 0 amide bonds. The molecule has 0 atom stereocenters. The first kappa shape index (κ1) is 12.2. The molecule has 0 spiro atoms. The highest BCUT2D eigenvalue weighted by Gasteiger charge is 2.06. The molecular formula is C13H15FN2S. The van der Waals surface area contributed by atoms with Gasteiger partial charge in [-0.2, -0.15) is 0 Å². The SMILES string of the molecule is Cc1nc(CCc2cccc(F)c2)sc1CN. The molecule has 2 aromatic rings. The molecule has 0 radical (unpaired) electrons. The van der Waals surface area contributed by atoms with Gasteiger partial charge in [0, 0.05) is 17.8 Å². The normalized spacial score (nSPS) is 10.8. The maximum absolute atomic E-state index is 13.0. The molecule has 1 heterocycles. The van der Waals surface area contributed by atoms with E-state index in [9.17, 15) is 4.39 Å². The van der Waals surface area contributed by atoms with E-state index in [1.807, 2.05) is 13.0 Å². The van der Waals surface area contributed by atoms with E-state index >= 15 is 0 Å². The van der Waals surface area contributed by atoms with Crippen LogP contribution in [0.25, 0.3) is 0 Å². The van der Waals surface area contributed by atoms with Gasteiger partial charge >= 0.3 is 0 Å². The molecule has 0 aliphatic rings. The fraction of sp³-hybridized carbons (Fsp3) is 0.308. The zero-order valence-electron chi connectivity index (χ0n) is 9.74. The molecule has 2 rings (SSSR count). The Bertz CT molecular complexity index is 508. The third kappa shape index (κ3) is 3.11. The van der Waals surface area contributed by atoms with Gasteiger partial charge in [-0.05, 0) is 31.0 Å². The monoisotopic (exact) mass is 250 g/mol. The van der Waals surface area contributed by atoms with Crippen molar-refractivity contribution in [2.24, 2.45) is 5.73 Å². The van der Waals surface area contributed by atoms with Crippen LogP contribution >= 0.6 is 11.3 Å². The third-order valence-electron chi connectivity index (χ3n) is 2.64. The third-order valence-corrected chi connectivity index (χ3v) is 3.88. The number of nitrogens with zero attached hydrogens (tertiary/aromatic N) is 1. The molecule has 1 aromatic heterocycles. The average molecular weight is 250 g/mol. The molecule has 0 fully saturated rings. The van der Waals surface area contributed by atoms with E-state index < -0.39 is 0 Å². The highest BCUT2D eigenvalue weighted by molar-refractivity contribution is 7.11. The van der Waals surface area contributed by atoms with Crippen molar-refractivity contribution >= 4 is 11.3 Å². The maximum atomic E-state index is 13.0. The van der Waals surface area contributed by atoms with Crippen LogP contribution in [0.2, 0.25) is 0 Å². The Morgan fingerprint density at radius 1 is 1.35 bits per heavy atom. The summed E-state index contributed by atoms with van der Waals surface area (Å²) in [4.78, 5) is 5.60. The number of hydrogen-bond donors (Lipinski definition) is 1. The number of benzene rings is 1. The van der Waals surface area contributed by atoms with Crippen molar-refractivity contribution in [3.8, 4) is 0 Å². The zero-order chi connectivity index (χ0) is 12.3. The maximum Gasteiger partial charge on any atom is 0.123 e. The minimum absolute atomic E-state index is 0.180. The number of thiazole rings is 1. The van der Waals surface area contributed by atoms with Gasteiger partial charge in [0.25, 0.3) is 0 Å². The predicted molar refractivity (Wildman–Crippen MR) is 68.6 cm³/mol. The van der Waals surface area contributed by atoms with Gasteiger partial charge in [0.1, 0.15) is 5.82 Å². The second-order valence-electron chi connectivity index (χ2n) is 3.95. The van der Waals surface area contributed by atoms with Crippen molar-refractivity contribution in [3.63, 3.8) is 0 Å². The summed E-state index contributed by atoms with van der Waals surface area (Å²) in [5.41, 5.74) is 7.64. The largest absolute Gasteiger partial charge is 0.326 e. The van der Waals surface area contributed by atoms with Crippen LogP contribution in [0.15, 0.2) is 24.3 Å². The van der Waals surface area contributed by atoms with Gasteiger partial charge in [-0.3, -0.25) is 0 Å². The Morgan fingerprint density at radius 2 is 2.18 bits per heavy atom. The minimum Gasteiger partial charge on any atom is -0.326 e. The first-order valence-corrected chi connectivity index (χ1v) is 6.40. The van der Waals surface area contributed by atoms with Crippen molar-refractivity contribution in [2.45, 2.75) is 26.3 Å². The predicted octanol–water partition coefficient (Wildman–Crippen LogP) is 2.83. The van der Waals surface area contributed by atoms with Crippen LogP contribution in [0, 0.1) is 12.7 Å². The number of hydrogen-bond acceptors (Lipinski definition) is 3. The van der Waals surface area contributed by atoms with Crippen LogP contribution in [0.4, 0.5) is 4.39 Å². The fourth-order valence-electron chi connectivity index (χ4n) is 1.73. The Kier molecular flexibility index (Phi) is 3.86. The van der Waals surface area contributed by atoms with Gasteiger partial charge in [0.05, 0.1) is 10.7 Å². The van der Waals surface area contributed by atoms with Crippen LogP contribution in [0.1, 0.15) is 21.1 Å². The summed E-state index contributed by atoms with van der Waals surface area (Å²) < 4.78 is 13.0. The molecule has 0 aliphatic heterocycles. The lowest BCUT2D eigenvalue weighted by atomic mass is 10.1. The fourth-order valence-corrected chi connectivity index (χ4v) is 2.68. The number of nitrogens with two attached hydrogens (primary N) is 1. The second-order valence-corrected chi connectivity index (χ2v) is 5.12. The highest BCUT2D eigenvalue weighted by atomic mass is 32.1. The van der Waals surface area contributed by atoms with E-state index in [2.05, 4.69) is 4.98 Å². The summed E-state index contributed by atoms with van der Waals surface area (Å²) in [6, 6.07) is 6.71. The van der Waals surface area contributed by atoms with Gasteiger partial charge in [0.2, 0.25) is 0 Å². The van der Waals surface area contributed by atoms with E-state index in [1.165, 1.54) is 6.07 Å². The van der Waals surface area contributed by atoms with E-state index in [-0.39, 0.29) is 5.82 Å². The smallest absolute Gasteiger partial charge is 0.123 e. The molecular weight excluding hydrogens is 235 g/mol.